The van der Waals surface area contributed by atoms with Crippen LogP contribution in [0.15, 0.2) is 59.4 Å². The summed E-state index contributed by atoms with van der Waals surface area (Å²) in [7, 11) is 0. The molecule has 0 amide bonds. The maximum atomic E-state index is 12.3. The molecule has 1 N–H and O–H groups in total. The summed E-state index contributed by atoms with van der Waals surface area (Å²) in [6, 6.07) is 18.6. The van der Waals surface area contributed by atoms with Crippen LogP contribution in [-0.4, -0.2) is 31.3 Å². The second-order valence-electron chi connectivity index (χ2n) is 7.41. The third kappa shape index (κ3) is 3.87. The van der Waals surface area contributed by atoms with Crippen molar-refractivity contribution in [3.8, 4) is 11.3 Å². The number of aryl methyl sites for hydroxylation is 1. The van der Waals surface area contributed by atoms with Crippen molar-refractivity contribution in [1.29, 1.82) is 0 Å². The van der Waals surface area contributed by atoms with Crippen LogP contribution in [0.2, 0.25) is 0 Å². The van der Waals surface area contributed by atoms with Crippen LogP contribution in [0.1, 0.15) is 22.3 Å². The molecule has 144 valence electrons. The molecule has 1 aliphatic rings. The molecule has 0 bridgehead atoms. The van der Waals surface area contributed by atoms with E-state index in [1.165, 1.54) is 22.3 Å². The standard InChI is InChI=1S/C24H26N2O2/c1-17-6-3-4-7-19(17)14-20-8-5-9-22(18(20)2)23-15-21(16-24(27)25-23)26-10-12-28-13-11-26/h3-9,15-16H,10-14H2,1-2H3,(H,25,27). The first-order valence-corrected chi connectivity index (χ1v) is 9.82. The number of pyridine rings is 1. The van der Waals surface area contributed by atoms with E-state index in [4.69, 9.17) is 4.74 Å². The zero-order chi connectivity index (χ0) is 19.5. The smallest absolute Gasteiger partial charge is 0.250 e. The van der Waals surface area contributed by atoms with Gasteiger partial charge in [0.05, 0.1) is 18.9 Å². The number of nitrogens with zero attached hydrogens (tertiary/aromatic N) is 1. The number of benzene rings is 2. The first-order chi connectivity index (χ1) is 13.6. The molecule has 0 atom stereocenters. The van der Waals surface area contributed by atoms with Crippen molar-refractivity contribution in [1.82, 2.24) is 4.98 Å². The summed E-state index contributed by atoms with van der Waals surface area (Å²) in [5, 5.41) is 0. The highest BCUT2D eigenvalue weighted by Gasteiger charge is 2.15. The first kappa shape index (κ1) is 18.5. The van der Waals surface area contributed by atoms with Crippen LogP contribution in [-0.2, 0) is 11.2 Å². The number of morpholine rings is 1. The molecular formula is C24H26N2O2. The van der Waals surface area contributed by atoms with Gasteiger partial charge in [-0.2, -0.15) is 0 Å². The average molecular weight is 374 g/mol. The number of nitrogens with one attached hydrogen (secondary N) is 1. The molecule has 1 aliphatic heterocycles. The van der Waals surface area contributed by atoms with Gasteiger partial charge in [-0.15, -0.1) is 0 Å². The Morgan fingerprint density at radius 1 is 0.964 bits per heavy atom. The summed E-state index contributed by atoms with van der Waals surface area (Å²) in [5.74, 6) is 0. The van der Waals surface area contributed by atoms with E-state index in [0.717, 1.165) is 36.5 Å². The van der Waals surface area contributed by atoms with Crippen LogP contribution in [0.4, 0.5) is 5.69 Å². The molecule has 0 saturated carbocycles. The van der Waals surface area contributed by atoms with E-state index in [2.05, 4.69) is 72.3 Å². The molecule has 0 radical (unpaired) electrons. The third-order valence-electron chi connectivity index (χ3n) is 5.58. The molecule has 1 saturated heterocycles. The lowest BCUT2D eigenvalue weighted by molar-refractivity contribution is 0.122. The summed E-state index contributed by atoms with van der Waals surface area (Å²) < 4.78 is 5.44. The van der Waals surface area contributed by atoms with Gasteiger partial charge in [0.1, 0.15) is 0 Å². The number of hydrogen-bond acceptors (Lipinski definition) is 3. The minimum absolute atomic E-state index is 0.0669. The third-order valence-corrected chi connectivity index (χ3v) is 5.58. The minimum Gasteiger partial charge on any atom is -0.378 e. The highest BCUT2D eigenvalue weighted by Crippen LogP contribution is 2.28. The Morgan fingerprint density at radius 2 is 1.71 bits per heavy atom. The average Bonchev–Trinajstić information content (AvgIpc) is 2.71. The molecule has 4 heteroatoms. The van der Waals surface area contributed by atoms with Crippen LogP contribution in [0.3, 0.4) is 0 Å². The van der Waals surface area contributed by atoms with Crippen molar-refractivity contribution in [2.24, 2.45) is 0 Å². The number of hydrogen-bond donors (Lipinski definition) is 1. The highest BCUT2D eigenvalue weighted by atomic mass is 16.5. The Morgan fingerprint density at radius 3 is 2.50 bits per heavy atom. The molecule has 28 heavy (non-hydrogen) atoms. The lowest BCUT2D eigenvalue weighted by Crippen LogP contribution is -2.36. The topological polar surface area (TPSA) is 45.3 Å². The number of ether oxygens (including phenoxy) is 1. The molecule has 0 aliphatic carbocycles. The lowest BCUT2D eigenvalue weighted by Gasteiger charge is -2.29. The monoisotopic (exact) mass is 374 g/mol. The quantitative estimate of drug-likeness (QED) is 0.748. The lowest BCUT2D eigenvalue weighted by atomic mass is 9.93. The van der Waals surface area contributed by atoms with Crippen molar-refractivity contribution in [3.05, 3.63) is 87.2 Å². The number of H-pyrrole nitrogens is 1. The van der Waals surface area contributed by atoms with Gasteiger partial charge in [0.2, 0.25) is 5.56 Å². The Kier molecular flexibility index (Phi) is 5.31. The van der Waals surface area contributed by atoms with Gasteiger partial charge < -0.3 is 14.6 Å². The Hall–Kier alpha value is -2.85. The molecule has 1 aromatic heterocycles. The van der Waals surface area contributed by atoms with Gasteiger partial charge in [0.15, 0.2) is 0 Å². The van der Waals surface area contributed by atoms with Crippen molar-refractivity contribution in [3.63, 3.8) is 0 Å². The van der Waals surface area contributed by atoms with Gasteiger partial charge in [-0.1, -0.05) is 42.5 Å². The Bertz CT molecular complexity index is 1030. The molecule has 1 fully saturated rings. The molecule has 2 aromatic carbocycles. The van der Waals surface area contributed by atoms with Crippen molar-refractivity contribution in [2.45, 2.75) is 20.3 Å². The largest absolute Gasteiger partial charge is 0.378 e. The zero-order valence-corrected chi connectivity index (χ0v) is 16.5. The molecule has 0 spiro atoms. The number of aromatic nitrogens is 1. The summed E-state index contributed by atoms with van der Waals surface area (Å²) in [5.41, 5.74) is 7.98. The summed E-state index contributed by atoms with van der Waals surface area (Å²) in [6.45, 7) is 7.32. The molecule has 0 unspecified atom stereocenters. The van der Waals surface area contributed by atoms with Crippen molar-refractivity contribution >= 4 is 5.69 Å². The first-order valence-electron chi connectivity index (χ1n) is 9.82. The second-order valence-corrected chi connectivity index (χ2v) is 7.41. The summed E-state index contributed by atoms with van der Waals surface area (Å²) >= 11 is 0. The predicted octanol–water partition coefficient (Wildman–Crippen LogP) is 4.09. The Balaban J connectivity index is 1.71. The van der Waals surface area contributed by atoms with Crippen molar-refractivity contribution < 1.29 is 4.74 Å². The molecular weight excluding hydrogens is 348 g/mol. The van der Waals surface area contributed by atoms with E-state index in [-0.39, 0.29) is 5.56 Å². The van der Waals surface area contributed by atoms with Crippen LogP contribution in [0, 0.1) is 13.8 Å². The normalized spacial score (nSPS) is 14.3. The highest BCUT2D eigenvalue weighted by molar-refractivity contribution is 5.69. The fourth-order valence-corrected chi connectivity index (χ4v) is 3.86. The van der Waals surface area contributed by atoms with E-state index < -0.39 is 0 Å². The van der Waals surface area contributed by atoms with E-state index in [1.54, 1.807) is 6.07 Å². The van der Waals surface area contributed by atoms with E-state index in [1.807, 2.05) is 0 Å². The minimum atomic E-state index is -0.0669. The summed E-state index contributed by atoms with van der Waals surface area (Å²) in [4.78, 5) is 17.6. The van der Waals surface area contributed by atoms with Crippen molar-refractivity contribution in [2.75, 3.05) is 31.2 Å². The molecule has 4 nitrogen and oxygen atoms in total. The van der Waals surface area contributed by atoms with Gasteiger partial charge in [0.25, 0.3) is 0 Å². The van der Waals surface area contributed by atoms with Gasteiger partial charge in [-0.3, -0.25) is 4.79 Å². The van der Waals surface area contributed by atoms with Crippen LogP contribution < -0.4 is 10.5 Å². The molecule has 2 heterocycles. The van der Waals surface area contributed by atoms with Crippen LogP contribution >= 0.6 is 0 Å². The maximum absolute atomic E-state index is 12.3. The zero-order valence-electron chi connectivity index (χ0n) is 16.5. The Labute approximate surface area is 165 Å². The fraction of sp³-hybridized carbons (Fsp3) is 0.292. The van der Waals surface area contributed by atoms with Crippen LogP contribution in [0.25, 0.3) is 11.3 Å². The number of anilines is 1. The SMILES string of the molecule is Cc1ccccc1Cc1cccc(-c2cc(N3CCOCC3)cc(=O)[nH]2)c1C. The number of aromatic amines is 1. The fourth-order valence-electron chi connectivity index (χ4n) is 3.86. The summed E-state index contributed by atoms with van der Waals surface area (Å²) in [6.07, 6.45) is 0.889. The van der Waals surface area contributed by atoms with Gasteiger partial charge in [-0.25, -0.2) is 0 Å². The molecule has 3 aromatic rings. The second kappa shape index (κ2) is 8.03. The predicted molar refractivity (Wildman–Crippen MR) is 114 cm³/mol. The maximum Gasteiger partial charge on any atom is 0.250 e. The number of rotatable bonds is 4. The van der Waals surface area contributed by atoms with Gasteiger partial charge >= 0.3 is 0 Å². The van der Waals surface area contributed by atoms with E-state index in [0.29, 0.717) is 13.2 Å². The molecule has 4 rings (SSSR count). The van der Waals surface area contributed by atoms with Crippen LogP contribution in [0.5, 0.6) is 0 Å². The van der Waals surface area contributed by atoms with E-state index >= 15 is 0 Å². The van der Waals surface area contributed by atoms with E-state index in [9.17, 15) is 4.79 Å². The van der Waals surface area contributed by atoms with Gasteiger partial charge in [-0.05, 0) is 48.6 Å². The van der Waals surface area contributed by atoms with Gasteiger partial charge in [0, 0.05) is 30.4 Å².